The van der Waals surface area contributed by atoms with Crippen LogP contribution in [0, 0.1) is 0 Å². The highest BCUT2D eigenvalue weighted by atomic mass is 16.2. The Morgan fingerprint density at radius 2 is 1.67 bits per heavy atom. The van der Waals surface area contributed by atoms with Crippen molar-refractivity contribution in [3.8, 4) is 0 Å². The number of nitrogens with zero attached hydrogens (tertiary/aromatic N) is 3. The molecule has 1 aromatic heterocycles. The lowest BCUT2D eigenvalue weighted by Crippen LogP contribution is -2.41. The van der Waals surface area contributed by atoms with Gasteiger partial charge in [0.25, 0.3) is 0 Å². The Hall–Kier alpha value is -2.59. The number of likely N-dealkylation sites (N-methyl/N-ethyl adjacent to an activating group) is 1. The lowest BCUT2D eigenvalue weighted by atomic mass is 10.0. The van der Waals surface area contributed by atoms with Gasteiger partial charge in [-0.05, 0) is 80.9 Å². The number of hydrogen-bond acceptors (Lipinski definition) is 2. The Morgan fingerprint density at radius 3 is 2.33 bits per heavy atom. The van der Waals surface area contributed by atoms with E-state index in [4.69, 9.17) is 0 Å². The quantitative estimate of drug-likeness (QED) is 0.578. The van der Waals surface area contributed by atoms with Crippen LogP contribution >= 0.6 is 0 Å². The molecule has 0 aliphatic carbocycles. The number of amides is 1. The second-order valence-electron chi connectivity index (χ2n) is 8.88. The number of benzene rings is 2. The molecule has 1 saturated heterocycles. The predicted octanol–water partition coefficient (Wildman–Crippen LogP) is 5.02. The third-order valence-corrected chi connectivity index (χ3v) is 6.83. The van der Waals surface area contributed by atoms with E-state index >= 15 is 0 Å². The molecule has 0 spiro atoms. The first-order valence-electron chi connectivity index (χ1n) is 11.1. The topological polar surface area (TPSA) is 28.5 Å². The fraction of sp³-hybridized carbons (Fsp3) is 0.423. The summed E-state index contributed by atoms with van der Waals surface area (Å²) >= 11 is 0. The van der Waals surface area contributed by atoms with Gasteiger partial charge in [-0.15, -0.1) is 0 Å². The lowest BCUT2D eigenvalue weighted by Gasteiger charge is -2.30. The van der Waals surface area contributed by atoms with Gasteiger partial charge in [0, 0.05) is 24.8 Å². The van der Waals surface area contributed by atoms with Crippen LogP contribution < -0.4 is 0 Å². The van der Waals surface area contributed by atoms with E-state index in [1.165, 1.54) is 27.6 Å². The smallest absolute Gasteiger partial charge is 0.244 e. The second-order valence-corrected chi connectivity index (χ2v) is 8.88. The molecule has 2 aromatic carbocycles. The zero-order chi connectivity index (χ0) is 21.5. The highest BCUT2D eigenvalue weighted by Gasteiger charge is 2.49. The van der Waals surface area contributed by atoms with Crippen molar-refractivity contribution in [3.05, 3.63) is 71.4 Å². The van der Waals surface area contributed by atoms with E-state index in [2.05, 4.69) is 90.0 Å². The molecule has 4 heteroatoms. The van der Waals surface area contributed by atoms with Crippen molar-refractivity contribution >= 4 is 16.8 Å². The summed E-state index contributed by atoms with van der Waals surface area (Å²) in [6, 6.07) is 17.6. The summed E-state index contributed by atoms with van der Waals surface area (Å²) in [5.74, 6) is 0.200. The van der Waals surface area contributed by atoms with Crippen molar-refractivity contribution in [2.45, 2.75) is 58.8 Å². The van der Waals surface area contributed by atoms with Crippen LogP contribution in [0.3, 0.4) is 0 Å². The average molecular weight is 404 g/mol. The second kappa shape index (κ2) is 7.92. The number of fused-ring (bicyclic) bond motifs is 1. The number of aromatic nitrogens is 1. The van der Waals surface area contributed by atoms with E-state index in [0.29, 0.717) is 0 Å². The molecule has 4 rings (SSSR count). The molecule has 30 heavy (non-hydrogen) atoms. The van der Waals surface area contributed by atoms with Gasteiger partial charge in [0.2, 0.25) is 5.91 Å². The van der Waals surface area contributed by atoms with E-state index in [1.807, 2.05) is 13.8 Å². The minimum Gasteiger partial charge on any atom is -0.348 e. The van der Waals surface area contributed by atoms with Crippen molar-refractivity contribution in [2.75, 3.05) is 13.6 Å². The third-order valence-electron chi connectivity index (χ3n) is 6.83. The molecule has 2 heterocycles. The molecule has 4 nitrogen and oxygen atoms in total. The number of hydrogen-bond donors (Lipinski definition) is 0. The Bertz CT molecular complexity index is 1050. The van der Waals surface area contributed by atoms with Gasteiger partial charge >= 0.3 is 0 Å². The molecule has 3 aromatic rings. The largest absolute Gasteiger partial charge is 0.348 e. The minimum absolute atomic E-state index is 0.0446. The van der Waals surface area contributed by atoms with Crippen LogP contribution in [0.4, 0.5) is 0 Å². The molecule has 0 N–H and O–H groups in total. The summed E-state index contributed by atoms with van der Waals surface area (Å²) < 4.78 is 2.25. The van der Waals surface area contributed by atoms with Crippen molar-refractivity contribution in [1.82, 2.24) is 14.4 Å². The molecule has 1 amide bonds. The molecule has 1 unspecified atom stereocenters. The van der Waals surface area contributed by atoms with Crippen molar-refractivity contribution in [3.63, 3.8) is 0 Å². The highest BCUT2D eigenvalue weighted by molar-refractivity contribution is 5.88. The van der Waals surface area contributed by atoms with Crippen molar-refractivity contribution in [2.24, 2.45) is 0 Å². The molecule has 1 aliphatic rings. The standard InChI is InChI=1S/C26H33N3O/c1-6-19-8-10-20(11-9-19)14-17-29-24(27(5)26(3,4)25(29)30)22-12-13-23-21(18-22)15-16-28(23)7-2/h8-13,15-16,18,24H,6-7,14,17H2,1-5H3. The third kappa shape index (κ3) is 3.43. The Morgan fingerprint density at radius 1 is 0.967 bits per heavy atom. The van der Waals surface area contributed by atoms with E-state index < -0.39 is 5.54 Å². The van der Waals surface area contributed by atoms with E-state index in [-0.39, 0.29) is 12.1 Å². The summed E-state index contributed by atoms with van der Waals surface area (Å²) in [4.78, 5) is 17.6. The van der Waals surface area contributed by atoms with Crippen LogP contribution in [-0.2, 0) is 24.2 Å². The van der Waals surface area contributed by atoms with Gasteiger partial charge in [-0.1, -0.05) is 37.3 Å². The van der Waals surface area contributed by atoms with Gasteiger partial charge in [-0.2, -0.15) is 0 Å². The number of carbonyl (C=O) groups excluding carboxylic acids is 1. The highest BCUT2D eigenvalue weighted by Crippen LogP contribution is 2.39. The van der Waals surface area contributed by atoms with Crippen molar-refractivity contribution < 1.29 is 4.79 Å². The van der Waals surface area contributed by atoms with Gasteiger partial charge in [0.1, 0.15) is 6.17 Å². The van der Waals surface area contributed by atoms with E-state index in [9.17, 15) is 4.79 Å². The van der Waals surface area contributed by atoms with E-state index in [0.717, 1.165) is 25.9 Å². The fourth-order valence-electron chi connectivity index (χ4n) is 4.60. The Kier molecular flexibility index (Phi) is 5.46. The van der Waals surface area contributed by atoms with Crippen LogP contribution in [0.5, 0.6) is 0 Å². The lowest BCUT2D eigenvalue weighted by molar-refractivity contribution is -0.132. The summed E-state index contributed by atoms with van der Waals surface area (Å²) in [6.45, 7) is 10.1. The van der Waals surface area contributed by atoms with Crippen LogP contribution in [0.15, 0.2) is 54.7 Å². The number of aryl methyl sites for hydroxylation is 2. The molecule has 0 saturated carbocycles. The van der Waals surface area contributed by atoms with Crippen molar-refractivity contribution in [1.29, 1.82) is 0 Å². The summed E-state index contributed by atoms with van der Waals surface area (Å²) in [7, 11) is 2.07. The zero-order valence-corrected chi connectivity index (χ0v) is 18.9. The molecule has 1 atom stereocenters. The van der Waals surface area contributed by atoms with Crippen LogP contribution in [0.25, 0.3) is 10.9 Å². The van der Waals surface area contributed by atoms with E-state index in [1.54, 1.807) is 0 Å². The minimum atomic E-state index is -0.513. The maximum atomic E-state index is 13.3. The molecule has 0 bridgehead atoms. The predicted molar refractivity (Wildman–Crippen MR) is 123 cm³/mol. The molecule has 158 valence electrons. The monoisotopic (exact) mass is 403 g/mol. The zero-order valence-electron chi connectivity index (χ0n) is 18.9. The van der Waals surface area contributed by atoms with Gasteiger partial charge < -0.3 is 9.47 Å². The molecule has 1 aliphatic heterocycles. The summed E-state index contributed by atoms with van der Waals surface area (Å²) in [5.41, 5.74) is 4.54. The van der Waals surface area contributed by atoms with Crippen LogP contribution in [-0.4, -0.2) is 39.4 Å². The normalized spacial score (nSPS) is 19.2. The molecular weight excluding hydrogens is 370 g/mol. The summed E-state index contributed by atoms with van der Waals surface area (Å²) in [5, 5.41) is 1.23. The maximum absolute atomic E-state index is 13.3. The van der Waals surface area contributed by atoms with Crippen LogP contribution in [0.1, 0.15) is 50.6 Å². The van der Waals surface area contributed by atoms with Gasteiger partial charge in [0.05, 0.1) is 5.54 Å². The average Bonchev–Trinajstić information content (AvgIpc) is 3.24. The molecular formula is C26H33N3O. The SMILES string of the molecule is CCc1ccc(CCN2C(=O)C(C)(C)N(C)C2c2ccc3c(ccn3CC)c2)cc1. The first-order valence-corrected chi connectivity index (χ1v) is 11.1. The molecule has 0 radical (unpaired) electrons. The number of carbonyl (C=O) groups is 1. The molecule has 1 fully saturated rings. The Labute approximate surface area is 180 Å². The fourth-order valence-corrected chi connectivity index (χ4v) is 4.60. The first-order chi connectivity index (χ1) is 14.4. The summed E-state index contributed by atoms with van der Waals surface area (Å²) in [6.07, 6.45) is 4.01. The van der Waals surface area contributed by atoms with Crippen LogP contribution in [0.2, 0.25) is 0 Å². The maximum Gasteiger partial charge on any atom is 0.244 e. The van der Waals surface area contributed by atoms with Gasteiger partial charge in [-0.3, -0.25) is 9.69 Å². The van der Waals surface area contributed by atoms with Gasteiger partial charge in [-0.25, -0.2) is 0 Å². The van der Waals surface area contributed by atoms with Gasteiger partial charge in [0.15, 0.2) is 0 Å². The Balaban J connectivity index is 1.63. The number of rotatable bonds is 6. The first kappa shape index (κ1) is 20.7.